The lowest BCUT2D eigenvalue weighted by molar-refractivity contribution is 0.0320. The maximum absolute atomic E-state index is 13.7. The summed E-state index contributed by atoms with van der Waals surface area (Å²) in [4.78, 5) is 22.2. The van der Waals surface area contributed by atoms with Gasteiger partial charge in [-0.05, 0) is 29.8 Å². The van der Waals surface area contributed by atoms with Gasteiger partial charge in [-0.15, -0.1) is 11.3 Å². The number of ether oxygens (including phenoxy) is 4. The summed E-state index contributed by atoms with van der Waals surface area (Å²) in [5.41, 5.74) is 2.06. The molecule has 1 saturated heterocycles. The van der Waals surface area contributed by atoms with Crippen LogP contribution < -0.4 is 14.2 Å². The van der Waals surface area contributed by atoms with Gasteiger partial charge in [0.05, 0.1) is 45.3 Å². The number of aliphatic hydroxyl groups excluding tert-OH is 1. The molecular formula is C27H33N3O6S. The van der Waals surface area contributed by atoms with Gasteiger partial charge in [0, 0.05) is 38.1 Å². The normalized spacial score (nSPS) is 13.8. The highest BCUT2D eigenvalue weighted by molar-refractivity contribution is 7.09. The number of benzene rings is 2. The van der Waals surface area contributed by atoms with E-state index in [-0.39, 0.29) is 19.1 Å². The number of hydrogen-bond donors (Lipinski definition) is 1. The van der Waals surface area contributed by atoms with Crippen molar-refractivity contribution in [3.05, 3.63) is 69.7 Å². The van der Waals surface area contributed by atoms with E-state index in [0.717, 1.165) is 30.2 Å². The molecule has 37 heavy (non-hydrogen) atoms. The Balaban J connectivity index is 1.53. The first-order chi connectivity index (χ1) is 18.1. The summed E-state index contributed by atoms with van der Waals surface area (Å²) in [5, 5.41) is 11.8. The average molecular weight is 528 g/mol. The Morgan fingerprint density at radius 3 is 2.62 bits per heavy atom. The highest BCUT2D eigenvalue weighted by Gasteiger charge is 2.22. The van der Waals surface area contributed by atoms with E-state index in [1.54, 1.807) is 26.4 Å². The summed E-state index contributed by atoms with van der Waals surface area (Å²) in [6.07, 6.45) is 0. The third kappa shape index (κ3) is 7.20. The molecule has 1 aromatic heterocycles. The molecule has 9 nitrogen and oxygen atoms in total. The third-order valence-electron chi connectivity index (χ3n) is 6.13. The highest BCUT2D eigenvalue weighted by Crippen LogP contribution is 2.30. The van der Waals surface area contributed by atoms with Crippen LogP contribution in [-0.2, 0) is 24.5 Å². The monoisotopic (exact) mass is 527 g/mol. The maximum Gasteiger partial charge on any atom is 0.257 e. The van der Waals surface area contributed by atoms with E-state index in [1.807, 2.05) is 40.6 Å². The second-order valence-corrected chi connectivity index (χ2v) is 9.49. The molecule has 4 rings (SSSR count). The number of aromatic nitrogens is 1. The molecule has 0 bridgehead atoms. The molecule has 0 radical (unpaired) electrons. The Kier molecular flexibility index (Phi) is 9.72. The van der Waals surface area contributed by atoms with Crippen LogP contribution in [0.3, 0.4) is 0 Å². The second-order valence-electron chi connectivity index (χ2n) is 8.55. The van der Waals surface area contributed by atoms with Crippen molar-refractivity contribution >= 4 is 17.2 Å². The van der Waals surface area contributed by atoms with Crippen molar-refractivity contribution in [1.82, 2.24) is 14.8 Å². The van der Waals surface area contributed by atoms with E-state index < -0.39 is 0 Å². The van der Waals surface area contributed by atoms with Gasteiger partial charge in [0.1, 0.15) is 17.4 Å². The van der Waals surface area contributed by atoms with Gasteiger partial charge in [0.2, 0.25) is 0 Å². The summed E-state index contributed by atoms with van der Waals surface area (Å²) < 4.78 is 22.5. The number of para-hydroxylation sites is 1. The molecule has 3 aromatic rings. The minimum Gasteiger partial charge on any atom is -0.496 e. The van der Waals surface area contributed by atoms with E-state index in [1.165, 1.54) is 11.3 Å². The molecule has 1 aliphatic heterocycles. The van der Waals surface area contributed by atoms with E-state index in [2.05, 4.69) is 9.88 Å². The minimum absolute atomic E-state index is 0.0942. The standard InChI is InChI=1S/C27H33N3O6S/c1-33-23-6-4-3-5-22(23)27(32)30(10-9-29-11-13-35-14-12-29)16-20-7-8-24(34-2)25(15-20)36-18-26-28-21(17-31)19-37-26/h3-8,15,19,31H,9-14,16-18H2,1-2H3. The number of amides is 1. The predicted molar refractivity (Wildman–Crippen MR) is 140 cm³/mol. The Bertz CT molecular complexity index is 1160. The summed E-state index contributed by atoms with van der Waals surface area (Å²) >= 11 is 1.43. The number of carbonyl (C=O) groups excluding carboxylic acids is 1. The number of rotatable bonds is 12. The number of hydrogen-bond acceptors (Lipinski definition) is 9. The fraction of sp³-hybridized carbons (Fsp3) is 0.407. The molecule has 198 valence electrons. The van der Waals surface area contributed by atoms with Gasteiger partial charge in [-0.25, -0.2) is 4.98 Å². The van der Waals surface area contributed by atoms with Crippen LogP contribution in [-0.4, -0.2) is 79.4 Å². The van der Waals surface area contributed by atoms with Crippen LogP contribution in [0.1, 0.15) is 26.6 Å². The zero-order valence-electron chi connectivity index (χ0n) is 21.2. The Morgan fingerprint density at radius 2 is 1.89 bits per heavy atom. The van der Waals surface area contributed by atoms with E-state index in [9.17, 15) is 9.90 Å². The number of carbonyl (C=O) groups is 1. The molecule has 10 heteroatoms. The lowest BCUT2D eigenvalue weighted by Gasteiger charge is -2.30. The quantitative estimate of drug-likeness (QED) is 0.384. The molecule has 2 aromatic carbocycles. The molecule has 0 spiro atoms. The number of morpholine rings is 1. The number of aliphatic hydroxyl groups is 1. The first-order valence-electron chi connectivity index (χ1n) is 12.2. The highest BCUT2D eigenvalue weighted by atomic mass is 32.1. The molecule has 2 heterocycles. The van der Waals surface area contributed by atoms with Gasteiger partial charge >= 0.3 is 0 Å². The van der Waals surface area contributed by atoms with Gasteiger partial charge in [-0.1, -0.05) is 18.2 Å². The lowest BCUT2D eigenvalue weighted by Crippen LogP contribution is -2.43. The van der Waals surface area contributed by atoms with Crippen molar-refractivity contribution in [3.63, 3.8) is 0 Å². The third-order valence-corrected chi connectivity index (χ3v) is 7.00. The zero-order chi connectivity index (χ0) is 26.0. The fourth-order valence-electron chi connectivity index (χ4n) is 4.11. The molecule has 0 atom stereocenters. The van der Waals surface area contributed by atoms with Crippen LogP contribution in [0.5, 0.6) is 17.2 Å². The van der Waals surface area contributed by atoms with Crippen molar-refractivity contribution in [3.8, 4) is 17.2 Å². The summed E-state index contributed by atoms with van der Waals surface area (Å²) in [6.45, 7) is 4.98. The summed E-state index contributed by atoms with van der Waals surface area (Å²) in [7, 11) is 3.16. The second kappa shape index (κ2) is 13.4. The minimum atomic E-state index is -0.101. The predicted octanol–water partition coefficient (Wildman–Crippen LogP) is 3.21. The number of methoxy groups -OCH3 is 2. The lowest BCUT2D eigenvalue weighted by atomic mass is 10.1. The number of nitrogens with zero attached hydrogens (tertiary/aromatic N) is 3. The van der Waals surface area contributed by atoms with Crippen molar-refractivity contribution < 1.29 is 28.8 Å². The van der Waals surface area contributed by atoms with Crippen LogP contribution >= 0.6 is 11.3 Å². The zero-order valence-corrected chi connectivity index (χ0v) is 22.0. The van der Waals surface area contributed by atoms with Crippen LogP contribution in [0.15, 0.2) is 47.8 Å². The SMILES string of the molecule is COc1ccc(CN(CCN2CCOCC2)C(=O)c2ccccc2OC)cc1OCc1nc(CO)cs1. The topological polar surface area (TPSA) is 93.6 Å². The van der Waals surface area contributed by atoms with E-state index >= 15 is 0 Å². The average Bonchev–Trinajstić information content (AvgIpc) is 3.42. The molecule has 1 N–H and O–H groups in total. The van der Waals surface area contributed by atoms with Gasteiger partial charge in [0.25, 0.3) is 5.91 Å². The van der Waals surface area contributed by atoms with Crippen LogP contribution in [0.25, 0.3) is 0 Å². The summed E-state index contributed by atoms with van der Waals surface area (Å²) in [5.74, 6) is 1.62. The summed E-state index contributed by atoms with van der Waals surface area (Å²) in [6, 6.07) is 13.0. The van der Waals surface area contributed by atoms with Crippen LogP contribution in [0.4, 0.5) is 0 Å². The van der Waals surface area contributed by atoms with E-state index in [0.29, 0.717) is 54.8 Å². The number of thiazole rings is 1. The van der Waals surface area contributed by atoms with Gasteiger partial charge in [-0.2, -0.15) is 0 Å². The first kappa shape index (κ1) is 26.9. The maximum atomic E-state index is 13.7. The molecular weight excluding hydrogens is 494 g/mol. The molecule has 1 amide bonds. The molecule has 1 aliphatic rings. The van der Waals surface area contributed by atoms with Crippen molar-refractivity contribution in [2.24, 2.45) is 0 Å². The fourth-order valence-corrected chi connectivity index (χ4v) is 4.81. The Morgan fingerprint density at radius 1 is 1.11 bits per heavy atom. The molecule has 0 aliphatic carbocycles. The Labute approximate surface area is 221 Å². The van der Waals surface area contributed by atoms with Crippen LogP contribution in [0.2, 0.25) is 0 Å². The van der Waals surface area contributed by atoms with Gasteiger partial charge < -0.3 is 29.0 Å². The molecule has 0 saturated carbocycles. The van der Waals surface area contributed by atoms with Crippen molar-refractivity contribution in [1.29, 1.82) is 0 Å². The van der Waals surface area contributed by atoms with E-state index in [4.69, 9.17) is 18.9 Å². The largest absolute Gasteiger partial charge is 0.496 e. The van der Waals surface area contributed by atoms with Crippen LogP contribution in [0, 0.1) is 0 Å². The van der Waals surface area contributed by atoms with Gasteiger partial charge in [-0.3, -0.25) is 9.69 Å². The molecule has 1 fully saturated rings. The van der Waals surface area contributed by atoms with Crippen molar-refractivity contribution in [2.75, 3.05) is 53.6 Å². The molecule has 0 unspecified atom stereocenters. The first-order valence-corrected chi connectivity index (χ1v) is 13.1. The van der Waals surface area contributed by atoms with Gasteiger partial charge in [0.15, 0.2) is 11.5 Å². The Hall–Kier alpha value is -3.18. The van der Waals surface area contributed by atoms with Crippen molar-refractivity contribution in [2.45, 2.75) is 19.8 Å². The smallest absolute Gasteiger partial charge is 0.257 e.